The minimum absolute atomic E-state index is 0.0805. The lowest BCUT2D eigenvalue weighted by molar-refractivity contribution is 0.0943. The Morgan fingerprint density at radius 2 is 1.83 bits per heavy atom. The maximum atomic E-state index is 12.1. The molecule has 0 heterocycles. The molecule has 1 aliphatic rings. The number of halogens is 1. The molecule has 0 radical (unpaired) electrons. The van der Waals surface area contributed by atoms with Crippen molar-refractivity contribution in [3.8, 4) is 5.75 Å². The normalized spacial score (nSPS) is 20.5. The Morgan fingerprint density at radius 3 is 2.28 bits per heavy atom. The molecular formula is C14H18BrNO2. The van der Waals surface area contributed by atoms with E-state index in [9.17, 15) is 9.90 Å². The Labute approximate surface area is 116 Å². The summed E-state index contributed by atoms with van der Waals surface area (Å²) in [6.07, 6.45) is 0. The lowest BCUT2D eigenvalue weighted by atomic mass is 10.0. The highest BCUT2D eigenvalue weighted by atomic mass is 79.9. The van der Waals surface area contributed by atoms with Crippen molar-refractivity contribution < 1.29 is 9.90 Å². The maximum absolute atomic E-state index is 12.1. The van der Waals surface area contributed by atoms with Crippen LogP contribution in [0.4, 0.5) is 0 Å². The number of benzene rings is 1. The molecule has 0 spiro atoms. The highest BCUT2D eigenvalue weighted by Gasteiger charge is 2.65. The summed E-state index contributed by atoms with van der Waals surface area (Å²) < 4.78 is 0.589. The average molecular weight is 312 g/mol. The number of carbonyl (C=O) groups is 1. The van der Waals surface area contributed by atoms with Gasteiger partial charge >= 0.3 is 0 Å². The van der Waals surface area contributed by atoms with E-state index in [0.29, 0.717) is 10.0 Å². The van der Waals surface area contributed by atoms with E-state index in [4.69, 9.17) is 0 Å². The van der Waals surface area contributed by atoms with Gasteiger partial charge in [0.2, 0.25) is 0 Å². The largest absolute Gasteiger partial charge is 0.507 e. The molecule has 1 fully saturated rings. The Morgan fingerprint density at radius 1 is 1.28 bits per heavy atom. The molecule has 1 aromatic carbocycles. The highest BCUT2D eigenvalue weighted by molar-refractivity contribution is 9.10. The van der Waals surface area contributed by atoms with Crippen LogP contribution in [0.15, 0.2) is 22.7 Å². The van der Waals surface area contributed by atoms with Gasteiger partial charge in [-0.15, -0.1) is 0 Å². The zero-order chi connectivity index (χ0) is 13.7. The molecule has 18 heavy (non-hydrogen) atoms. The van der Waals surface area contributed by atoms with Gasteiger partial charge in [-0.1, -0.05) is 27.7 Å². The first-order valence-corrected chi connectivity index (χ1v) is 6.76. The van der Waals surface area contributed by atoms with Crippen molar-refractivity contribution in [2.75, 3.05) is 0 Å². The van der Waals surface area contributed by atoms with Crippen LogP contribution in [-0.2, 0) is 0 Å². The van der Waals surface area contributed by atoms with Crippen LogP contribution in [0.5, 0.6) is 5.75 Å². The van der Waals surface area contributed by atoms with Crippen LogP contribution in [0.25, 0.3) is 0 Å². The molecule has 2 N–H and O–H groups in total. The third-order valence-corrected chi connectivity index (χ3v) is 5.18. The number of phenols is 1. The van der Waals surface area contributed by atoms with Gasteiger partial charge in [0, 0.05) is 11.6 Å². The van der Waals surface area contributed by atoms with E-state index < -0.39 is 0 Å². The molecule has 3 nitrogen and oxygen atoms in total. The van der Waals surface area contributed by atoms with Crippen molar-refractivity contribution >= 4 is 21.8 Å². The summed E-state index contributed by atoms with van der Waals surface area (Å²) >= 11 is 3.20. The summed E-state index contributed by atoms with van der Waals surface area (Å²) in [5, 5.41) is 12.6. The Hall–Kier alpha value is -1.03. The molecule has 0 aliphatic heterocycles. The molecule has 0 aromatic heterocycles. The topological polar surface area (TPSA) is 49.3 Å². The molecule has 0 atom stereocenters. The maximum Gasteiger partial charge on any atom is 0.251 e. The van der Waals surface area contributed by atoms with E-state index in [0.717, 1.165) is 0 Å². The lowest BCUT2D eigenvalue weighted by Gasteiger charge is -2.07. The smallest absolute Gasteiger partial charge is 0.251 e. The number of carbonyl (C=O) groups excluding carboxylic acids is 1. The Kier molecular flexibility index (Phi) is 2.97. The second-order valence-corrected chi connectivity index (χ2v) is 6.87. The first-order chi connectivity index (χ1) is 8.18. The van der Waals surface area contributed by atoms with Crippen LogP contribution in [0.1, 0.15) is 38.1 Å². The number of hydrogen-bond acceptors (Lipinski definition) is 2. The van der Waals surface area contributed by atoms with Crippen LogP contribution < -0.4 is 5.32 Å². The quantitative estimate of drug-likeness (QED) is 0.880. The molecule has 1 amide bonds. The summed E-state index contributed by atoms with van der Waals surface area (Å²) in [6, 6.07) is 5.01. The van der Waals surface area contributed by atoms with E-state index in [2.05, 4.69) is 48.9 Å². The van der Waals surface area contributed by atoms with Crippen LogP contribution in [0.2, 0.25) is 0 Å². The third-order valence-electron chi connectivity index (χ3n) is 4.50. The van der Waals surface area contributed by atoms with E-state index >= 15 is 0 Å². The van der Waals surface area contributed by atoms with Crippen molar-refractivity contribution in [2.24, 2.45) is 10.8 Å². The number of nitrogens with one attached hydrogen (secondary N) is 1. The predicted molar refractivity (Wildman–Crippen MR) is 74.6 cm³/mol. The molecule has 1 saturated carbocycles. The molecule has 1 aromatic rings. The highest BCUT2D eigenvalue weighted by Crippen LogP contribution is 2.62. The van der Waals surface area contributed by atoms with Gasteiger partial charge in [0.25, 0.3) is 5.91 Å². The van der Waals surface area contributed by atoms with E-state index in [1.807, 2.05) is 0 Å². The van der Waals surface area contributed by atoms with E-state index in [-0.39, 0.29) is 28.5 Å². The second kappa shape index (κ2) is 3.98. The summed E-state index contributed by atoms with van der Waals surface area (Å²) in [4.78, 5) is 12.1. The number of amides is 1. The summed E-state index contributed by atoms with van der Waals surface area (Å²) in [7, 11) is 0. The van der Waals surface area contributed by atoms with Crippen molar-refractivity contribution in [3.63, 3.8) is 0 Å². The van der Waals surface area contributed by atoms with Gasteiger partial charge in [-0.25, -0.2) is 0 Å². The third kappa shape index (κ3) is 1.92. The summed E-state index contributed by atoms with van der Waals surface area (Å²) in [5.74, 6) is -0.0570. The molecule has 0 bridgehead atoms. The zero-order valence-corrected chi connectivity index (χ0v) is 12.6. The van der Waals surface area contributed by atoms with Crippen molar-refractivity contribution in [2.45, 2.75) is 33.7 Å². The van der Waals surface area contributed by atoms with Crippen LogP contribution >= 0.6 is 15.9 Å². The molecule has 98 valence electrons. The Balaban J connectivity index is 2.12. The average Bonchev–Trinajstić information content (AvgIpc) is 2.65. The van der Waals surface area contributed by atoms with Gasteiger partial charge in [-0.05, 0) is 45.0 Å². The van der Waals surface area contributed by atoms with Gasteiger partial charge in [0.15, 0.2) is 0 Å². The van der Waals surface area contributed by atoms with Crippen molar-refractivity contribution in [1.82, 2.24) is 5.32 Å². The fourth-order valence-corrected chi connectivity index (χ4v) is 2.67. The first-order valence-electron chi connectivity index (χ1n) is 5.97. The molecule has 4 heteroatoms. The SMILES string of the molecule is CC1(C)C(NC(=O)c2ccc(Br)c(O)c2)C1(C)C. The van der Waals surface area contributed by atoms with Gasteiger partial charge < -0.3 is 10.4 Å². The number of phenolic OH excluding ortho intramolecular Hbond substituents is 1. The fourth-order valence-electron chi connectivity index (χ4n) is 2.43. The lowest BCUT2D eigenvalue weighted by Crippen LogP contribution is -2.29. The number of aromatic hydroxyl groups is 1. The fraction of sp³-hybridized carbons (Fsp3) is 0.500. The number of rotatable bonds is 2. The van der Waals surface area contributed by atoms with Gasteiger partial charge in [-0.2, -0.15) is 0 Å². The van der Waals surface area contributed by atoms with Gasteiger partial charge in [0.05, 0.1) is 4.47 Å². The molecular weight excluding hydrogens is 294 g/mol. The second-order valence-electron chi connectivity index (χ2n) is 6.02. The number of hydrogen-bond donors (Lipinski definition) is 2. The minimum atomic E-state index is -0.138. The van der Waals surface area contributed by atoms with Crippen LogP contribution in [-0.4, -0.2) is 17.1 Å². The standard InChI is InChI=1S/C14H18BrNO2/c1-13(2)12(14(13,3)4)16-11(18)8-5-6-9(15)10(17)7-8/h5-7,12,17H,1-4H3,(H,16,18). The van der Waals surface area contributed by atoms with E-state index in [1.165, 1.54) is 6.07 Å². The Bertz CT molecular complexity index is 495. The van der Waals surface area contributed by atoms with Crippen molar-refractivity contribution in [3.05, 3.63) is 28.2 Å². The first kappa shape index (κ1) is 13.4. The zero-order valence-electron chi connectivity index (χ0n) is 11.0. The molecule has 0 saturated heterocycles. The molecule has 0 unspecified atom stereocenters. The molecule has 1 aliphatic carbocycles. The van der Waals surface area contributed by atoms with Crippen LogP contribution in [0, 0.1) is 10.8 Å². The predicted octanol–water partition coefficient (Wildman–Crippen LogP) is 3.32. The summed E-state index contributed by atoms with van der Waals surface area (Å²) in [6.45, 7) is 8.60. The van der Waals surface area contributed by atoms with Gasteiger partial charge in [-0.3, -0.25) is 4.79 Å². The van der Waals surface area contributed by atoms with Gasteiger partial charge in [0.1, 0.15) is 5.75 Å². The monoisotopic (exact) mass is 311 g/mol. The molecule has 2 rings (SSSR count). The minimum Gasteiger partial charge on any atom is -0.507 e. The van der Waals surface area contributed by atoms with E-state index in [1.54, 1.807) is 12.1 Å². The van der Waals surface area contributed by atoms with Crippen molar-refractivity contribution in [1.29, 1.82) is 0 Å². The van der Waals surface area contributed by atoms with Crippen LogP contribution in [0.3, 0.4) is 0 Å². The summed E-state index contributed by atoms with van der Waals surface area (Å²) in [5.41, 5.74) is 0.703.